The van der Waals surface area contributed by atoms with Gasteiger partial charge >= 0.3 is 0 Å². The molecule has 2 rings (SSSR count). The Bertz CT molecular complexity index is 386. The first kappa shape index (κ1) is 12.3. The zero-order valence-electron chi connectivity index (χ0n) is 10.4. The van der Waals surface area contributed by atoms with Crippen molar-refractivity contribution in [1.82, 2.24) is 4.90 Å². The fourth-order valence-electron chi connectivity index (χ4n) is 2.13. The van der Waals surface area contributed by atoms with Crippen molar-refractivity contribution >= 4 is 5.78 Å². The average Bonchev–Trinajstić information content (AvgIpc) is 2.67. The van der Waals surface area contributed by atoms with Gasteiger partial charge in [0.2, 0.25) is 0 Å². The molecule has 0 aromatic carbocycles. The fraction of sp³-hybridized carbons (Fsp3) is 0.615. The highest BCUT2D eigenvalue weighted by Gasteiger charge is 2.24. The Morgan fingerprint density at radius 2 is 2.29 bits per heavy atom. The van der Waals surface area contributed by atoms with Gasteiger partial charge < -0.3 is 9.15 Å². The molecule has 1 unspecified atom stereocenters. The molecule has 0 spiro atoms. The van der Waals surface area contributed by atoms with Crippen LogP contribution in [0.2, 0.25) is 0 Å². The van der Waals surface area contributed by atoms with Gasteiger partial charge in [0.1, 0.15) is 17.3 Å². The van der Waals surface area contributed by atoms with Crippen molar-refractivity contribution < 1.29 is 13.9 Å². The van der Waals surface area contributed by atoms with E-state index >= 15 is 0 Å². The highest BCUT2D eigenvalue weighted by Crippen LogP contribution is 2.14. The minimum atomic E-state index is 0.0183. The number of rotatable bonds is 4. The zero-order chi connectivity index (χ0) is 12.3. The molecule has 0 radical (unpaired) electrons. The van der Waals surface area contributed by atoms with Gasteiger partial charge in [0, 0.05) is 13.0 Å². The zero-order valence-corrected chi connectivity index (χ0v) is 10.4. The number of aryl methyl sites for hydroxylation is 1. The maximum absolute atomic E-state index is 11.7. The number of carbonyl (C=O) groups excluding carboxylic acids is 1. The largest absolute Gasteiger partial charge is 0.465 e. The third-order valence-corrected chi connectivity index (χ3v) is 3.02. The molecule has 1 aliphatic rings. The van der Waals surface area contributed by atoms with Gasteiger partial charge in [-0.05, 0) is 26.1 Å². The number of hydrogen-bond acceptors (Lipinski definition) is 4. The normalized spacial score (nSPS) is 21.1. The number of hydrogen-bond donors (Lipinski definition) is 0. The van der Waals surface area contributed by atoms with Gasteiger partial charge in [0.15, 0.2) is 0 Å². The molecule has 94 valence electrons. The number of furan rings is 1. The van der Waals surface area contributed by atoms with E-state index in [0.29, 0.717) is 25.4 Å². The Kier molecular flexibility index (Phi) is 3.97. The monoisotopic (exact) mass is 237 g/mol. The molecule has 4 heteroatoms. The molecule has 1 fully saturated rings. The summed E-state index contributed by atoms with van der Waals surface area (Å²) in [4.78, 5) is 13.8. The lowest BCUT2D eigenvalue weighted by Crippen LogP contribution is -2.36. The van der Waals surface area contributed by atoms with Crippen molar-refractivity contribution in [2.75, 3.05) is 26.8 Å². The molecule has 0 saturated carbocycles. The minimum Gasteiger partial charge on any atom is -0.465 e. The van der Waals surface area contributed by atoms with E-state index < -0.39 is 0 Å². The topological polar surface area (TPSA) is 42.7 Å². The number of Topliss-reactive ketones (excluding diaryl/α,β-unsaturated/α-hetero) is 1. The van der Waals surface area contributed by atoms with Crippen molar-refractivity contribution in [1.29, 1.82) is 0 Å². The van der Waals surface area contributed by atoms with E-state index in [9.17, 15) is 4.79 Å². The molecule has 1 aromatic heterocycles. The van der Waals surface area contributed by atoms with Gasteiger partial charge in [-0.1, -0.05) is 0 Å². The summed E-state index contributed by atoms with van der Waals surface area (Å²) in [5, 5.41) is 0. The lowest BCUT2D eigenvalue weighted by Gasteiger charge is -2.25. The van der Waals surface area contributed by atoms with Crippen LogP contribution in [0.3, 0.4) is 0 Å². The van der Waals surface area contributed by atoms with Crippen molar-refractivity contribution in [2.45, 2.75) is 19.9 Å². The van der Waals surface area contributed by atoms with Crippen LogP contribution < -0.4 is 0 Å². The molecular formula is C13H19NO3. The van der Waals surface area contributed by atoms with Gasteiger partial charge in [-0.15, -0.1) is 0 Å². The van der Waals surface area contributed by atoms with Gasteiger partial charge in [0.25, 0.3) is 0 Å². The minimum absolute atomic E-state index is 0.0183. The van der Waals surface area contributed by atoms with Crippen LogP contribution in [0.25, 0.3) is 0 Å². The van der Waals surface area contributed by atoms with Crippen LogP contribution in [0.5, 0.6) is 0 Å². The third kappa shape index (κ3) is 3.41. The summed E-state index contributed by atoms with van der Waals surface area (Å²) in [5.41, 5.74) is 0. The maximum Gasteiger partial charge on any atom is 0.141 e. The van der Waals surface area contributed by atoms with E-state index in [0.717, 1.165) is 24.6 Å². The lowest BCUT2D eigenvalue weighted by molar-refractivity contribution is -0.131. The SMILES string of the molecule is Cc1ccc(CN(C)CC2COCCC2=O)o1. The Hall–Kier alpha value is -1.13. The summed E-state index contributed by atoms with van der Waals surface area (Å²) >= 11 is 0. The highest BCUT2D eigenvalue weighted by molar-refractivity contribution is 5.82. The van der Waals surface area contributed by atoms with Crippen LogP contribution in [0.15, 0.2) is 16.5 Å². The standard InChI is InChI=1S/C13H19NO3/c1-10-3-4-12(17-10)8-14(2)7-11-9-16-6-5-13(11)15/h3-4,11H,5-9H2,1-2H3. The molecular weight excluding hydrogens is 218 g/mol. The molecule has 1 saturated heterocycles. The van der Waals surface area contributed by atoms with Crippen molar-refractivity contribution in [3.63, 3.8) is 0 Å². The predicted molar refractivity (Wildman–Crippen MR) is 63.7 cm³/mol. The average molecular weight is 237 g/mol. The van der Waals surface area contributed by atoms with Crippen LogP contribution in [0, 0.1) is 12.8 Å². The number of ether oxygens (including phenoxy) is 1. The van der Waals surface area contributed by atoms with Crippen LogP contribution in [-0.4, -0.2) is 37.5 Å². The molecule has 2 heterocycles. The number of nitrogens with zero attached hydrogens (tertiary/aromatic N) is 1. The van der Waals surface area contributed by atoms with Crippen LogP contribution in [0.4, 0.5) is 0 Å². The Morgan fingerprint density at radius 1 is 1.47 bits per heavy atom. The number of carbonyl (C=O) groups is 1. The first-order valence-electron chi connectivity index (χ1n) is 5.99. The molecule has 1 atom stereocenters. The van der Waals surface area contributed by atoms with E-state index in [-0.39, 0.29) is 5.92 Å². The van der Waals surface area contributed by atoms with Gasteiger partial charge in [-0.2, -0.15) is 0 Å². The maximum atomic E-state index is 11.7. The first-order valence-corrected chi connectivity index (χ1v) is 5.99. The second-order valence-electron chi connectivity index (χ2n) is 4.70. The summed E-state index contributed by atoms with van der Waals surface area (Å²) in [6, 6.07) is 3.93. The van der Waals surface area contributed by atoms with E-state index in [1.807, 2.05) is 26.1 Å². The fourth-order valence-corrected chi connectivity index (χ4v) is 2.13. The third-order valence-electron chi connectivity index (χ3n) is 3.02. The summed E-state index contributed by atoms with van der Waals surface area (Å²) in [7, 11) is 2.00. The van der Waals surface area contributed by atoms with Crippen molar-refractivity contribution in [3.05, 3.63) is 23.7 Å². The quantitative estimate of drug-likeness (QED) is 0.798. The molecule has 4 nitrogen and oxygen atoms in total. The molecule has 0 amide bonds. The van der Waals surface area contributed by atoms with Gasteiger partial charge in [-0.25, -0.2) is 0 Å². The molecule has 0 bridgehead atoms. The van der Waals surface area contributed by atoms with E-state index in [4.69, 9.17) is 9.15 Å². The Labute approximate surface area is 102 Å². The van der Waals surface area contributed by atoms with Gasteiger partial charge in [-0.3, -0.25) is 9.69 Å². The molecule has 0 aliphatic carbocycles. The van der Waals surface area contributed by atoms with Gasteiger partial charge in [0.05, 0.1) is 25.7 Å². The van der Waals surface area contributed by atoms with E-state index in [1.165, 1.54) is 0 Å². The second-order valence-corrected chi connectivity index (χ2v) is 4.70. The summed E-state index contributed by atoms with van der Waals surface area (Å²) < 4.78 is 10.8. The first-order chi connectivity index (χ1) is 8.15. The summed E-state index contributed by atoms with van der Waals surface area (Å²) in [6.07, 6.45) is 0.554. The number of ketones is 1. The van der Waals surface area contributed by atoms with E-state index in [2.05, 4.69) is 4.90 Å². The predicted octanol–water partition coefficient (Wildman–Crippen LogP) is 1.63. The Morgan fingerprint density at radius 3 is 2.94 bits per heavy atom. The smallest absolute Gasteiger partial charge is 0.141 e. The van der Waals surface area contributed by atoms with Crippen molar-refractivity contribution in [3.8, 4) is 0 Å². The summed E-state index contributed by atoms with van der Waals surface area (Å²) in [6.45, 7) is 4.54. The van der Waals surface area contributed by atoms with Crippen molar-refractivity contribution in [2.24, 2.45) is 5.92 Å². The van der Waals surface area contributed by atoms with Crippen LogP contribution in [0.1, 0.15) is 17.9 Å². The molecule has 17 heavy (non-hydrogen) atoms. The van der Waals surface area contributed by atoms with E-state index in [1.54, 1.807) is 0 Å². The molecule has 1 aliphatic heterocycles. The molecule has 0 N–H and O–H groups in total. The summed E-state index contributed by atoms with van der Waals surface area (Å²) in [5.74, 6) is 2.20. The Balaban J connectivity index is 1.84. The van der Waals surface area contributed by atoms with Crippen LogP contribution >= 0.6 is 0 Å². The molecule has 1 aromatic rings. The lowest BCUT2D eigenvalue weighted by atomic mass is 10.0. The van der Waals surface area contributed by atoms with Crippen LogP contribution in [-0.2, 0) is 16.1 Å². The second kappa shape index (κ2) is 5.47. The highest BCUT2D eigenvalue weighted by atomic mass is 16.5.